The molecule has 0 spiro atoms. The molecule has 3 rings (SSSR count). The molecule has 1 heterocycles. The number of aliphatic hydroxyl groups excluding tert-OH is 1. The van der Waals surface area contributed by atoms with Crippen LogP contribution in [0.5, 0.6) is 5.75 Å². The number of aliphatic hydroxyl groups is 1. The van der Waals surface area contributed by atoms with E-state index in [9.17, 15) is 5.11 Å². The lowest BCUT2D eigenvalue weighted by Gasteiger charge is -2.16. The maximum Gasteiger partial charge on any atom is 0.128 e. The molecular formula is C16H15ClO2. The predicted octanol–water partition coefficient (Wildman–Crippen LogP) is 3.67. The van der Waals surface area contributed by atoms with Gasteiger partial charge in [-0.1, -0.05) is 35.9 Å². The number of halogens is 1. The van der Waals surface area contributed by atoms with Gasteiger partial charge in [0, 0.05) is 17.0 Å². The van der Waals surface area contributed by atoms with Crippen LogP contribution in [-0.2, 0) is 6.42 Å². The smallest absolute Gasteiger partial charge is 0.128 e. The third kappa shape index (κ3) is 2.34. The topological polar surface area (TPSA) is 29.5 Å². The Morgan fingerprint density at radius 2 is 2.11 bits per heavy atom. The molecular weight excluding hydrogens is 260 g/mol. The van der Waals surface area contributed by atoms with E-state index in [0.717, 1.165) is 34.4 Å². The zero-order chi connectivity index (χ0) is 13.4. The van der Waals surface area contributed by atoms with E-state index in [0.29, 0.717) is 11.6 Å². The van der Waals surface area contributed by atoms with Crippen LogP contribution in [0.15, 0.2) is 36.4 Å². The molecule has 1 unspecified atom stereocenters. The summed E-state index contributed by atoms with van der Waals surface area (Å²) < 4.78 is 5.64. The first kappa shape index (κ1) is 12.5. The van der Waals surface area contributed by atoms with Crippen molar-refractivity contribution in [3.05, 3.63) is 63.7 Å². The first-order valence-corrected chi connectivity index (χ1v) is 6.72. The minimum atomic E-state index is -0.703. The van der Waals surface area contributed by atoms with Gasteiger partial charge in [-0.05, 0) is 35.7 Å². The molecule has 1 N–H and O–H groups in total. The third-order valence-electron chi connectivity index (χ3n) is 3.42. The molecule has 1 aliphatic heterocycles. The van der Waals surface area contributed by atoms with Gasteiger partial charge in [-0.15, -0.1) is 0 Å². The van der Waals surface area contributed by atoms with Crippen molar-refractivity contribution in [1.82, 2.24) is 0 Å². The van der Waals surface area contributed by atoms with Crippen molar-refractivity contribution < 1.29 is 9.84 Å². The van der Waals surface area contributed by atoms with E-state index in [1.54, 1.807) is 6.07 Å². The first-order valence-electron chi connectivity index (χ1n) is 6.35. The van der Waals surface area contributed by atoms with Crippen molar-refractivity contribution in [2.75, 3.05) is 6.61 Å². The maximum atomic E-state index is 10.6. The highest BCUT2D eigenvalue weighted by Gasteiger charge is 2.22. The zero-order valence-corrected chi connectivity index (χ0v) is 11.4. The van der Waals surface area contributed by atoms with Crippen LogP contribution < -0.4 is 4.74 Å². The van der Waals surface area contributed by atoms with Gasteiger partial charge in [-0.2, -0.15) is 0 Å². The van der Waals surface area contributed by atoms with E-state index >= 15 is 0 Å². The van der Waals surface area contributed by atoms with Gasteiger partial charge in [0.05, 0.1) is 6.61 Å². The van der Waals surface area contributed by atoms with E-state index in [2.05, 4.69) is 0 Å². The van der Waals surface area contributed by atoms with E-state index in [1.807, 2.05) is 37.3 Å². The number of fused-ring (bicyclic) bond motifs is 1. The molecule has 0 aromatic heterocycles. The van der Waals surface area contributed by atoms with Crippen LogP contribution >= 0.6 is 11.6 Å². The van der Waals surface area contributed by atoms with Gasteiger partial charge in [-0.25, -0.2) is 0 Å². The Hall–Kier alpha value is -1.51. The van der Waals surface area contributed by atoms with E-state index in [1.165, 1.54) is 0 Å². The highest BCUT2D eigenvalue weighted by atomic mass is 35.5. The molecule has 2 nitrogen and oxygen atoms in total. The lowest BCUT2D eigenvalue weighted by atomic mass is 9.97. The zero-order valence-electron chi connectivity index (χ0n) is 10.7. The molecule has 2 aromatic carbocycles. The molecule has 98 valence electrons. The van der Waals surface area contributed by atoms with Gasteiger partial charge < -0.3 is 9.84 Å². The summed E-state index contributed by atoms with van der Waals surface area (Å²) in [4.78, 5) is 0. The highest BCUT2D eigenvalue weighted by molar-refractivity contribution is 6.30. The van der Waals surface area contributed by atoms with Crippen LogP contribution in [0.4, 0.5) is 0 Å². The van der Waals surface area contributed by atoms with E-state index < -0.39 is 6.10 Å². The predicted molar refractivity (Wildman–Crippen MR) is 75.9 cm³/mol. The molecule has 2 aromatic rings. The number of hydrogen-bond donors (Lipinski definition) is 1. The minimum Gasteiger partial charge on any atom is -0.493 e. The summed E-state index contributed by atoms with van der Waals surface area (Å²) in [7, 11) is 0. The lowest BCUT2D eigenvalue weighted by Crippen LogP contribution is -2.02. The first-order chi connectivity index (χ1) is 9.15. The van der Waals surface area contributed by atoms with Crippen molar-refractivity contribution >= 4 is 11.6 Å². The summed E-state index contributed by atoms with van der Waals surface area (Å²) in [5.41, 5.74) is 3.82. The van der Waals surface area contributed by atoms with Crippen LogP contribution in [0, 0.1) is 6.92 Å². The number of ether oxygens (including phenoxy) is 1. The van der Waals surface area contributed by atoms with Gasteiger partial charge in [-0.3, -0.25) is 0 Å². The molecule has 19 heavy (non-hydrogen) atoms. The summed E-state index contributed by atoms with van der Waals surface area (Å²) in [5, 5.41) is 11.2. The Bertz CT molecular complexity index is 602. The molecule has 0 bridgehead atoms. The van der Waals surface area contributed by atoms with Crippen LogP contribution in [-0.4, -0.2) is 11.7 Å². The third-order valence-corrected chi connectivity index (χ3v) is 3.64. The van der Waals surface area contributed by atoms with Gasteiger partial charge in [0.25, 0.3) is 0 Å². The molecule has 0 fully saturated rings. The minimum absolute atomic E-state index is 0.641. The molecule has 0 aliphatic carbocycles. The molecule has 3 heteroatoms. The quantitative estimate of drug-likeness (QED) is 0.905. The number of benzene rings is 2. The summed E-state index contributed by atoms with van der Waals surface area (Å²) in [6, 6.07) is 11.5. The van der Waals surface area contributed by atoms with E-state index in [4.69, 9.17) is 16.3 Å². The summed E-state index contributed by atoms with van der Waals surface area (Å²) in [6.07, 6.45) is 0.204. The van der Waals surface area contributed by atoms with E-state index in [-0.39, 0.29) is 0 Å². The number of hydrogen-bond acceptors (Lipinski definition) is 2. The lowest BCUT2D eigenvalue weighted by molar-refractivity contribution is 0.213. The van der Waals surface area contributed by atoms with Crippen molar-refractivity contribution in [1.29, 1.82) is 0 Å². The second-order valence-corrected chi connectivity index (χ2v) is 5.33. The van der Waals surface area contributed by atoms with Gasteiger partial charge in [0.2, 0.25) is 0 Å². The molecule has 1 atom stereocenters. The van der Waals surface area contributed by atoms with Crippen molar-refractivity contribution in [3.8, 4) is 5.75 Å². The number of rotatable bonds is 2. The average Bonchev–Trinajstić information content (AvgIpc) is 2.84. The number of para-hydroxylation sites is 1. The number of aryl methyl sites for hydroxylation is 1. The Labute approximate surface area is 117 Å². The van der Waals surface area contributed by atoms with Gasteiger partial charge in [0.15, 0.2) is 0 Å². The highest BCUT2D eigenvalue weighted by Crippen LogP contribution is 2.36. The molecule has 0 saturated heterocycles. The Morgan fingerprint density at radius 1 is 1.26 bits per heavy atom. The molecule has 0 saturated carbocycles. The second-order valence-electron chi connectivity index (χ2n) is 4.90. The molecule has 1 aliphatic rings. The van der Waals surface area contributed by atoms with Crippen molar-refractivity contribution in [3.63, 3.8) is 0 Å². The SMILES string of the molecule is Cc1cc(Cl)cc(C(O)c2cccc3c2OCC3)c1. The fourth-order valence-electron chi connectivity index (χ4n) is 2.56. The molecule has 0 amide bonds. The summed E-state index contributed by atoms with van der Waals surface area (Å²) in [5.74, 6) is 0.827. The fraction of sp³-hybridized carbons (Fsp3) is 0.250. The fourth-order valence-corrected chi connectivity index (χ4v) is 2.86. The maximum absolute atomic E-state index is 10.6. The Morgan fingerprint density at radius 3 is 2.89 bits per heavy atom. The summed E-state index contributed by atoms with van der Waals surface area (Å²) >= 11 is 6.06. The molecule has 0 radical (unpaired) electrons. The monoisotopic (exact) mass is 274 g/mol. The largest absolute Gasteiger partial charge is 0.493 e. The van der Waals surface area contributed by atoms with Crippen molar-refractivity contribution in [2.45, 2.75) is 19.4 Å². The Balaban J connectivity index is 2.04. The van der Waals surface area contributed by atoms with Crippen LogP contribution in [0.25, 0.3) is 0 Å². The second kappa shape index (κ2) is 4.87. The van der Waals surface area contributed by atoms with Gasteiger partial charge in [0.1, 0.15) is 11.9 Å². The van der Waals surface area contributed by atoms with Crippen LogP contribution in [0.3, 0.4) is 0 Å². The normalized spacial score (nSPS) is 14.9. The standard InChI is InChI=1S/C16H15ClO2/c1-10-7-12(9-13(17)8-10)15(18)14-4-2-3-11-5-6-19-16(11)14/h2-4,7-9,15,18H,5-6H2,1H3. The Kier molecular flexibility index (Phi) is 3.21. The van der Waals surface area contributed by atoms with Crippen LogP contribution in [0.1, 0.15) is 28.4 Å². The average molecular weight is 275 g/mol. The van der Waals surface area contributed by atoms with Crippen LogP contribution in [0.2, 0.25) is 5.02 Å². The summed E-state index contributed by atoms with van der Waals surface area (Å²) in [6.45, 7) is 2.65. The van der Waals surface area contributed by atoms with Crippen molar-refractivity contribution in [2.24, 2.45) is 0 Å². The van der Waals surface area contributed by atoms with Gasteiger partial charge >= 0.3 is 0 Å².